The average molecular weight is 533 g/mol. The number of alkyl halides is 3. The van der Waals surface area contributed by atoms with Gasteiger partial charge in [0.15, 0.2) is 0 Å². The first kappa shape index (κ1) is 28.1. The van der Waals surface area contributed by atoms with E-state index in [4.69, 9.17) is 9.94 Å². The molecule has 4 rings (SSSR count). The van der Waals surface area contributed by atoms with Crippen molar-refractivity contribution >= 4 is 11.7 Å². The van der Waals surface area contributed by atoms with Crippen LogP contribution in [0, 0.1) is 5.92 Å². The van der Waals surface area contributed by atoms with Crippen molar-refractivity contribution in [2.24, 2.45) is 11.1 Å². The van der Waals surface area contributed by atoms with Crippen LogP contribution < -0.4 is 0 Å². The lowest BCUT2D eigenvalue weighted by molar-refractivity contribution is -0.147. The number of aliphatic carboxylic acids is 1. The highest BCUT2D eigenvalue weighted by atomic mass is 19.4. The molecule has 0 aromatic heterocycles. The van der Waals surface area contributed by atoms with E-state index in [1.807, 2.05) is 18.2 Å². The highest BCUT2D eigenvalue weighted by Crippen LogP contribution is 2.41. The molecule has 1 saturated carbocycles. The van der Waals surface area contributed by atoms with Gasteiger partial charge in [0.25, 0.3) is 0 Å². The molecular weight excluding hydrogens is 497 g/mol. The summed E-state index contributed by atoms with van der Waals surface area (Å²) in [5, 5.41) is 22.9. The second-order valence-corrected chi connectivity index (χ2v) is 10.4. The largest absolute Gasteiger partial charge is 0.481 e. The van der Waals surface area contributed by atoms with E-state index in [0.29, 0.717) is 56.6 Å². The Morgan fingerprint density at radius 2 is 1.79 bits per heavy atom. The number of carboxylic acids is 1. The molecule has 0 spiro atoms. The Labute approximate surface area is 221 Å². The molecule has 1 heterocycles. The van der Waals surface area contributed by atoms with Crippen LogP contribution in [0.5, 0.6) is 0 Å². The SMILES string of the molecule is CCc1cc(/C(C)=N/OCc2ccc(C3CCC(O)CC3)c(C(F)(F)F)c2)ccc1CN1CC(C(=O)O)C1. The lowest BCUT2D eigenvalue weighted by Gasteiger charge is -2.37. The van der Waals surface area contributed by atoms with E-state index in [1.54, 1.807) is 19.1 Å². The van der Waals surface area contributed by atoms with E-state index < -0.39 is 23.8 Å². The standard InChI is InChI=1S/C29H35F3N2O4/c1-3-20-13-22(5-6-23(20)14-34-15-24(16-34)28(36)37)18(2)33-38-17-19-4-11-26(27(12-19)29(30,31)32)21-7-9-25(35)10-8-21/h4-6,11-13,21,24-25,35H,3,7-10,14-17H2,1-2H3,(H,36,37)/b33-18+. The maximum absolute atomic E-state index is 13.8. The lowest BCUT2D eigenvalue weighted by Crippen LogP contribution is -2.49. The van der Waals surface area contributed by atoms with Gasteiger partial charge in [-0.3, -0.25) is 9.69 Å². The first-order chi connectivity index (χ1) is 18.0. The fraction of sp³-hybridized carbons (Fsp3) is 0.517. The van der Waals surface area contributed by atoms with Gasteiger partial charge in [-0.15, -0.1) is 0 Å². The monoisotopic (exact) mass is 532 g/mol. The highest BCUT2D eigenvalue weighted by Gasteiger charge is 2.36. The second-order valence-electron chi connectivity index (χ2n) is 10.4. The molecule has 1 saturated heterocycles. The fourth-order valence-corrected chi connectivity index (χ4v) is 5.37. The molecule has 0 atom stereocenters. The van der Waals surface area contributed by atoms with Gasteiger partial charge < -0.3 is 15.1 Å². The molecule has 0 unspecified atom stereocenters. The number of likely N-dealkylation sites (tertiary alicyclic amines) is 1. The van der Waals surface area contributed by atoms with Crippen LogP contribution in [-0.4, -0.2) is 46.0 Å². The molecule has 2 fully saturated rings. The summed E-state index contributed by atoms with van der Waals surface area (Å²) in [5.41, 5.74) is 3.81. The summed E-state index contributed by atoms with van der Waals surface area (Å²) in [7, 11) is 0. The van der Waals surface area contributed by atoms with Crippen LogP contribution in [0.15, 0.2) is 41.6 Å². The van der Waals surface area contributed by atoms with Crippen LogP contribution in [0.3, 0.4) is 0 Å². The average Bonchev–Trinajstić information content (AvgIpc) is 2.85. The number of halogens is 3. The number of rotatable bonds is 9. The minimum atomic E-state index is -4.47. The molecule has 2 N–H and O–H groups in total. The molecule has 1 aliphatic heterocycles. The summed E-state index contributed by atoms with van der Waals surface area (Å²) in [4.78, 5) is 18.6. The van der Waals surface area contributed by atoms with Gasteiger partial charge in [0.1, 0.15) is 6.61 Å². The third-order valence-corrected chi connectivity index (χ3v) is 7.70. The van der Waals surface area contributed by atoms with Crippen molar-refractivity contribution < 1.29 is 33.0 Å². The van der Waals surface area contributed by atoms with Crippen molar-refractivity contribution in [3.8, 4) is 0 Å². The molecule has 0 radical (unpaired) electrons. The smallest absolute Gasteiger partial charge is 0.416 e. The third-order valence-electron chi connectivity index (χ3n) is 7.70. The Bertz CT molecular complexity index is 1170. The van der Waals surface area contributed by atoms with E-state index in [0.717, 1.165) is 29.2 Å². The number of hydrogen-bond acceptors (Lipinski definition) is 5. The van der Waals surface area contributed by atoms with Crippen LogP contribution in [0.1, 0.15) is 78.8 Å². The van der Waals surface area contributed by atoms with Crippen LogP contribution in [0.2, 0.25) is 0 Å². The quantitative estimate of drug-likeness (QED) is 0.318. The number of carboxylic acid groups (broad SMARTS) is 1. The molecule has 38 heavy (non-hydrogen) atoms. The summed E-state index contributed by atoms with van der Waals surface area (Å²) in [6.07, 6.45) is -1.96. The molecular formula is C29H35F3N2O4. The molecule has 2 aromatic carbocycles. The Morgan fingerprint density at radius 3 is 2.42 bits per heavy atom. The number of aryl methyl sites for hydroxylation is 1. The molecule has 2 aliphatic rings. The van der Waals surface area contributed by atoms with E-state index in [9.17, 15) is 23.1 Å². The van der Waals surface area contributed by atoms with Crippen molar-refractivity contribution in [3.05, 3.63) is 69.8 Å². The van der Waals surface area contributed by atoms with Crippen molar-refractivity contribution in [1.29, 1.82) is 0 Å². The Morgan fingerprint density at radius 1 is 1.08 bits per heavy atom. The minimum absolute atomic E-state index is 0.0808. The maximum Gasteiger partial charge on any atom is 0.416 e. The zero-order valence-electron chi connectivity index (χ0n) is 21.8. The van der Waals surface area contributed by atoms with Gasteiger partial charge in [0, 0.05) is 19.6 Å². The Kier molecular flexibility index (Phi) is 8.78. The normalized spacial score (nSPS) is 21.3. The van der Waals surface area contributed by atoms with E-state index in [1.165, 1.54) is 0 Å². The number of oxime groups is 1. The van der Waals surface area contributed by atoms with Gasteiger partial charge in [-0.25, -0.2) is 0 Å². The first-order valence-corrected chi connectivity index (χ1v) is 13.2. The summed E-state index contributed by atoms with van der Waals surface area (Å²) < 4.78 is 41.5. The minimum Gasteiger partial charge on any atom is -0.481 e. The Hall–Kier alpha value is -2.91. The van der Waals surface area contributed by atoms with Gasteiger partial charge in [-0.2, -0.15) is 13.2 Å². The predicted molar refractivity (Wildman–Crippen MR) is 138 cm³/mol. The number of benzene rings is 2. The van der Waals surface area contributed by atoms with Crippen LogP contribution in [0.4, 0.5) is 13.2 Å². The maximum atomic E-state index is 13.8. The van der Waals surface area contributed by atoms with E-state index >= 15 is 0 Å². The van der Waals surface area contributed by atoms with Crippen LogP contribution in [0.25, 0.3) is 0 Å². The Balaban J connectivity index is 1.40. The zero-order chi connectivity index (χ0) is 27.4. The molecule has 1 aliphatic carbocycles. The molecule has 0 amide bonds. The number of carbonyl (C=O) groups is 1. The molecule has 0 bridgehead atoms. The second kappa shape index (κ2) is 11.9. The summed E-state index contributed by atoms with van der Waals surface area (Å²) in [6, 6.07) is 10.3. The zero-order valence-corrected chi connectivity index (χ0v) is 21.8. The lowest BCUT2D eigenvalue weighted by atomic mass is 9.80. The first-order valence-electron chi connectivity index (χ1n) is 13.2. The van der Waals surface area contributed by atoms with E-state index in [-0.39, 0.29) is 24.0 Å². The topological polar surface area (TPSA) is 82.4 Å². The van der Waals surface area contributed by atoms with E-state index in [2.05, 4.69) is 17.0 Å². The van der Waals surface area contributed by atoms with Gasteiger partial charge in [-0.05, 0) is 84.9 Å². The van der Waals surface area contributed by atoms with Crippen LogP contribution >= 0.6 is 0 Å². The number of nitrogens with zero attached hydrogens (tertiary/aromatic N) is 2. The van der Waals surface area contributed by atoms with Crippen LogP contribution in [-0.2, 0) is 35.4 Å². The van der Waals surface area contributed by atoms with Gasteiger partial charge in [-0.1, -0.05) is 36.3 Å². The summed E-state index contributed by atoms with van der Waals surface area (Å²) in [6.45, 7) is 5.56. The molecule has 6 nitrogen and oxygen atoms in total. The van der Waals surface area contributed by atoms with Gasteiger partial charge >= 0.3 is 12.1 Å². The summed E-state index contributed by atoms with van der Waals surface area (Å²) in [5.74, 6) is -1.26. The highest BCUT2D eigenvalue weighted by molar-refractivity contribution is 5.98. The number of aliphatic hydroxyl groups excluding tert-OH is 1. The van der Waals surface area contributed by atoms with Gasteiger partial charge in [0.2, 0.25) is 0 Å². The van der Waals surface area contributed by atoms with Crippen molar-refractivity contribution in [2.45, 2.75) is 77.3 Å². The number of aliphatic hydroxyl groups is 1. The van der Waals surface area contributed by atoms with Crippen molar-refractivity contribution in [3.63, 3.8) is 0 Å². The van der Waals surface area contributed by atoms with Crippen molar-refractivity contribution in [1.82, 2.24) is 4.90 Å². The third kappa shape index (κ3) is 6.74. The summed E-state index contributed by atoms with van der Waals surface area (Å²) >= 11 is 0. The molecule has 9 heteroatoms. The predicted octanol–water partition coefficient (Wildman–Crippen LogP) is 5.74. The fourth-order valence-electron chi connectivity index (χ4n) is 5.37. The van der Waals surface area contributed by atoms with Gasteiger partial charge in [0.05, 0.1) is 23.3 Å². The molecule has 206 valence electrons. The van der Waals surface area contributed by atoms with Crippen molar-refractivity contribution in [2.75, 3.05) is 13.1 Å². The molecule has 2 aromatic rings. The number of hydrogen-bond donors (Lipinski definition) is 2.